The van der Waals surface area contributed by atoms with E-state index >= 15 is 0 Å². The normalized spacial score (nSPS) is 11.9. The van der Waals surface area contributed by atoms with Gasteiger partial charge < -0.3 is 10.1 Å². The minimum Gasteiger partial charge on any atom is -0.481 e. The van der Waals surface area contributed by atoms with Crippen molar-refractivity contribution in [2.75, 3.05) is 0 Å². The molecule has 0 saturated carbocycles. The van der Waals surface area contributed by atoms with E-state index in [0.717, 1.165) is 28.8 Å². The predicted molar refractivity (Wildman–Crippen MR) is 70.6 cm³/mol. The predicted octanol–water partition coefficient (Wildman–Crippen LogP) is 2.78. The van der Waals surface area contributed by atoms with Crippen molar-refractivity contribution in [2.24, 2.45) is 5.41 Å². The first-order valence-electron chi connectivity index (χ1n) is 6.13. The van der Waals surface area contributed by atoms with E-state index in [1.165, 1.54) is 0 Å². The van der Waals surface area contributed by atoms with Crippen molar-refractivity contribution >= 4 is 17.0 Å². The molecule has 1 aromatic carbocycles. The highest BCUT2D eigenvalue weighted by Crippen LogP contribution is 2.24. The fourth-order valence-electron chi connectivity index (χ4n) is 1.97. The van der Waals surface area contributed by atoms with Gasteiger partial charge in [-0.05, 0) is 38.0 Å². The summed E-state index contributed by atoms with van der Waals surface area (Å²) in [5.74, 6) is 0.182. The zero-order valence-corrected chi connectivity index (χ0v) is 10.9. The van der Waals surface area contributed by atoms with Crippen LogP contribution in [0.25, 0.3) is 11.0 Å². The lowest BCUT2D eigenvalue weighted by Crippen LogP contribution is -2.26. The summed E-state index contributed by atoms with van der Waals surface area (Å²) in [4.78, 5) is 18.8. The van der Waals surface area contributed by atoms with Crippen LogP contribution in [0.3, 0.4) is 0 Å². The smallest absolute Gasteiger partial charge is 0.309 e. The number of aliphatic carboxylic acids is 1. The molecular formula is C14H18N2O2. The monoisotopic (exact) mass is 246 g/mol. The highest BCUT2D eigenvalue weighted by molar-refractivity contribution is 5.77. The third kappa shape index (κ3) is 2.37. The Morgan fingerprint density at radius 2 is 2.17 bits per heavy atom. The quantitative estimate of drug-likeness (QED) is 0.871. The van der Waals surface area contributed by atoms with E-state index in [-0.39, 0.29) is 0 Å². The first-order valence-corrected chi connectivity index (χ1v) is 6.13. The van der Waals surface area contributed by atoms with E-state index < -0.39 is 11.4 Å². The summed E-state index contributed by atoms with van der Waals surface area (Å²) in [6, 6.07) is 5.89. The van der Waals surface area contributed by atoms with E-state index in [2.05, 4.69) is 9.97 Å². The second-order valence-electron chi connectivity index (χ2n) is 5.25. The van der Waals surface area contributed by atoms with Crippen LogP contribution in [0, 0.1) is 5.41 Å². The van der Waals surface area contributed by atoms with Crippen LogP contribution in [0.5, 0.6) is 0 Å². The topological polar surface area (TPSA) is 66.0 Å². The van der Waals surface area contributed by atoms with Gasteiger partial charge >= 0.3 is 5.97 Å². The van der Waals surface area contributed by atoms with E-state index in [0.29, 0.717) is 6.42 Å². The third-order valence-corrected chi connectivity index (χ3v) is 3.16. The Labute approximate surface area is 106 Å². The molecule has 2 aromatic rings. The molecule has 0 saturated heterocycles. The lowest BCUT2D eigenvalue weighted by atomic mass is 9.86. The molecule has 0 aliphatic heterocycles. The van der Waals surface area contributed by atoms with Crippen LogP contribution in [-0.2, 0) is 17.6 Å². The molecule has 0 radical (unpaired) electrons. The van der Waals surface area contributed by atoms with E-state index in [1.54, 1.807) is 13.8 Å². The molecule has 0 aliphatic rings. The Balaban J connectivity index is 2.32. The second-order valence-corrected chi connectivity index (χ2v) is 5.25. The Morgan fingerprint density at radius 1 is 1.44 bits per heavy atom. The lowest BCUT2D eigenvalue weighted by Gasteiger charge is -2.18. The van der Waals surface area contributed by atoms with Crippen LogP contribution in [0.4, 0.5) is 0 Å². The number of imidazole rings is 1. The van der Waals surface area contributed by atoms with Gasteiger partial charge in [-0.25, -0.2) is 4.98 Å². The zero-order valence-electron chi connectivity index (χ0n) is 10.9. The molecule has 2 rings (SSSR count). The van der Waals surface area contributed by atoms with Crippen molar-refractivity contribution in [3.05, 3.63) is 29.6 Å². The largest absolute Gasteiger partial charge is 0.481 e. The van der Waals surface area contributed by atoms with Gasteiger partial charge in [0.25, 0.3) is 0 Å². The number of aromatic nitrogens is 2. The first kappa shape index (κ1) is 12.6. The van der Waals surface area contributed by atoms with Gasteiger partial charge in [-0.2, -0.15) is 0 Å². The number of benzene rings is 1. The van der Waals surface area contributed by atoms with E-state index in [4.69, 9.17) is 5.11 Å². The zero-order chi connectivity index (χ0) is 13.3. The fraction of sp³-hybridized carbons (Fsp3) is 0.429. The average Bonchev–Trinajstić information content (AvgIpc) is 2.70. The SMILES string of the molecule is CCc1nc2ccc(CC(C)(C)C(=O)O)cc2[nH]1. The molecule has 0 spiro atoms. The third-order valence-electron chi connectivity index (χ3n) is 3.16. The molecule has 0 fully saturated rings. The second kappa shape index (κ2) is 4.44. The van der Waals surface area contributed by atoms with Crippen LogP contribution in [-0.4, -0.2) is 21.0 Å². The van der Waals surface area contributed by atoms with Crippen LogP contribution in [0.15, 0.2) is 18.2 Å². The molecule has 1 heterocycles. The van der Waals surface area contributed by atoms with Gasteiger partial charge in [-0.1, -0.05) is 13.0 Å². The van der Waals surface area contributed by atoms with Crippen molar-refractivity contribution in [3.63, 3.8) is 0 Å². The standard InChI is InChI=1S/C14H18N2O2/c1-4-12-15-10-6-5-9(7-11(10)16-12)8-14(2,3)13(17)18/h5-7H,4,8H2,1-3H3,(H,15,16)(H,17,18). The summed E-state index contributed by atoms with van der Waals surface area (Å²) in [6.45, 7) is 5.53. The maximum atomic E-state index is 11.1. The summed E-state index contributed by atoms with van der Waals surface area (Å²) in [5.41, 5.74) is 2.18. The Bertz CT molecular complexity index is 584. The number of fused-ring (bicyclic) bond motifs is 1. The molecule has 2 N–H and O–H groups in total. The maximum Gasteiger partial charge on any atom is 0.309 e. The molecule has 0 aliphatic carbocycles. The number of hydrogen-bond donors (Lipinski definition) is 2. The minimum atomic E-state index is -0.776. The summed E-state index contributed by atoms with van der Waals surface area (Å²) in [6.07, 6.45) is 1.38. The van der Waals surface area contributed by atoms with Gasteiger partial charge in [0.2, 0.25) is 0 Å². The number of nitrogens with zero attached hydrogens (tertiary/aromatic N) is 1. The molecule has 18 heavy (non-hydrogen) atoms. The lowest BCUT2D eigenvalue weighted by molar-refractivity contribution is -0.146. The molecule has 0 atom stereocenters. The van der Waals surface area contributed by atoms with Crippen LogP contribution < -0.4 is 0 Å². The summed E-state index contributed by atoms with van der Waals surface area (Å²) in [7, 11) is 0. The summed E-state index contributed by atoms with van der Waals surface area (Å²) >= 11 is 0. The molecule has 0 bridgehead atoms. The number of carboxylic acid groups (broad SMARTS) is 1. The van der Waals surface area contributed by atoms with Gasteiger partial charge in [0.1, 0.15) is 5.82 Å². The Kier molecular flexibility index (Phi) is 3.11. The fourth-order valence-corrected chi connectivity index (χ4v) is 1.97. The van der Waals surface area contributed by atoms with Gasteiger partial charge in [-0.15, -0.1) is 0 Å². The average molecular weight is 246 g/mol. The van der Waals surface area contributed by atoms with Gasteiger partial charge in [0.15, 0.2) is 0 Å². The molecular weight excluding hydrogens is 228 g/mol. The highest BCUT2D eigenvalue weighted by Gasteiger charge is 2.27. The minimum absolute atomic E-state index is 0.513. The molecule has 1 aromatic heterocycles. The van der Waals surface area contributed by atoms with E-state index in [9.17, 15) is 4.79 Å². The number of H-pyrrole nitrogens is 1. The van der Waals surface area contributed by atoms with Crippen LogP contribution in [0.1, 0.15) is 32.2 Å². The molecule has 0 amide bonds. The van der Waals surface area contributed by atoms with Gasteiger partial charge in [-0.3, -0.25) is 4.79 Å². The number of aryl methyl sites for hydroxylation is 1. The van der Waals surface area contributed by atoms with Crippen molar-refractivity contribution in [1.29, 1.82) is 0 Å². The van der Waals surface area contributed by atoms with E-state index in [1.807, 2.05) is 25.1 Å². The number of aromatic amines is 1. The highest BCUT2D eigenvalue weighted by atomic mass is 16.4. The molecule has 0 unspecified atom stereocenters. The number of carboxylic acids is 1. The summed E-state index contributed by atoms with van der Waals surface area (Å²) < 4.78 is 0. The Hall–Kier alpha value is -1.84. The van der Waals surface area contributed by atoms with Gasteiger partial charge in [0.05, 0.1) is 16.4 Å². The van der Waals surface area contributed by atoms with Crippen molar-refractivity contribution in [2.45, 2.75) is 33.6 Å². The van der Waals surface area contributed by atoms with Crippen LogP contribution in [0.2, 0.25) is 0 Å². The van der Waals surface area contributed by atoms with Crippen molar-refractivity contribution in [1.82, 2.24) is 9.97 Å². The van der Waals surface area contributed by atoms with Crippen LogP contribution >= 0.6 is 0 Å². The van der Waals surface area contributed by atoms with Crippen molar-refractivity contribution in [3.8, 4) is 0 Å². The number of rotatable bonds is 4. The van der Waals surface area contributed by atoms with Crippen molar-refractivity contribution < 1.29 is 9.90 Å². The van der Waals surface area contributed by atoms with Gasteiger partial charge in [0, 0.05) is 6.42 Å². The molecule has 4 heteroatoms. The molecule has 4 nitrogen and oxygen atoms in total. The molecule has 96 valence electrons. The maximum absolute atomic E-state index is 11.1. The Morgan fingerprint density at radius 3 is 2.78 bits per heavy atom. The number of nitrogens with one attached hydrogen (secondary N) is 1. The number of hydrogen-bond acceptors (Lipinski definition) is 2. The number of carbonyl (C=O) groups is 1. The summed E-state index contributed by atoms with van der Waals surface area (Å²) in [5, 5.41) is 9.14. The first-order chi connectivity index (χ1) is 8.42.